The van der Waals surface area contributed by atoms with Crippen molar-refractivity contribution in [3.8, 4) is 11.3 Å². The largest absolute Gasteiger partial charge is 0.306 e. The van der Waals surface area contributed by atoms with Gasteiger partial charge in [-0.1, -0.05) is 23.7 Å². The highest BCUT2D eigenvalue weighted by Crippen LogP contribution is 2.21. The Labute approximate surface area is 128 Å². The summed E-state index contributed by atoms with van der Waals surface area (Å²) in [7, 11) is 0. The first-order chi connectivity index (χ1) is 8.22. The Morgan fingerprint density at radius 3 is 2.56 bits per heavy atom. The summed E-state index contributed by atoms with van der Waals surface area (Å²) in [6, 6.07) is 11.9. The number of halogens is 2. The minimum Gasteiger partial charge on any atom is -0.306 e. The molecule has 0 atom stereocenters. The van der Waals surface area contributed by atoms with Crippen LogP contribution in [0, 0.1) is 6.92 Å². The molecule has 0 fully saturated rings. The van der Waals surface area contributed by atoms with Crippen molar-refractivity contribution in [2.75, 3.05) is 0 Å². The van der Waals surface area contributed by atoms with Gasteiger partial charge in [-0.3, -0.25) is 0 Å². The lowest BCUT2D eigenvalue weighted by molar-refractivity contribution is 1.17. The van der Waals surface area contributed by atoms with Crippen molar-refractivity contribution in [1.29, 1.82) is 0 Å². The summed E-state index contributed by atoms with van der Waals surface area (Å²) < 4.78 is 2.02. The van der Waals surface area contributed by atoms with Gasteiger partial charge in [-0.15, -0.1) is 24.0 Å². The maximum Gasteiger partial charge on any atom is 0.137 e. The van der Waals surface area contributed by atoms with Gasteiger partial charge < -0.3 is 4.40 Å². The third-order valence-electron chi connectivity index (χ3n) is 2.76. The summed E-state index contributed by atoms with van der Waals surface area (Å²) in [5, 5.41) is 0.744. The number of nitrogens with zero attached hydrogens (tertiary/aromatic N) is 2. The molecule has 2 heterocycles. The first-order valence-electron chi connectivity index (χ1n) is 5.44. The van der Waals surface area contributed by atoms with Gasteiger partial charge in [-0.25, -0.2) is 4.98 Å². The first kappa shape index (κ1) is 13.4. The van der Waals surface area contributed by atoms with Gasteiger partial charge in [-0.2, -0.15) is 0 Å². The Bertz CT molecular complexity index is 674. The smallest absolute Gasteiger partial charge is 0.137 e. The fourth-order valence-corrected chi connectivity index (χ4v) is 1.97. The first-order valence-corrected chi connectivity index (χ1v) is 5.81. The molecule has 0 saturated heterocycles. The SMILES string of the molecule is Cc1ccn2cc(-c3ccc(Cl)cc3)nc2c1.I. The topological polar surface area (TPSA) is 17.3 Å². The van der Waals surface area contributed by atoms with Gasteiger partial charge in [-0.05, 0) is 36.8 Å². The van der Waals surface area contributed by atoms with E-state index in [9.17, 15) is 0 Å². The third kappa shape index (κ3) is 2.52. The molecule has 0 aliphatic carbocycles. The lowest BCUT2D eigenvalue weighted by atomic mass is 10.2. The summed E-state index contributed by atoms with van der Waals surface area (Å²) in [6.45, 7) is 2.07. The summed E-state index contributed by atoms with van der Waals surface area (Å²) in [6.07, 6.45) is 4.05. The molecule has 0 N–H and O–H groups in total. The van der Waals surface area contributed by atoms with Crippen molar-refractivity contribution in [1.82, 2.24) is 9.38 Å². The van der Waals surface area contributed by atoms with Gasteiger partial charge in [0.25, 0.3) is 0 Å². The standard InChI is InChI=1S/C14H11ClN2.HI/c1-10-6-7-17-9-13(16-14(17)8-10)11-2-4-12(15)5-3-11;/h2-9H,1H3;1H. The number of aryl methyl sites for hydroxylation is 1. The van der Waals surface area contributed by atoms with Crippen molar-refractivity contribution >= 4 is 41.2 Å². The molecule has 0 amide bonds. The number of rotatable bonds is 1. The molecule has 0 radical (unpaired) electrons. The molecule has 4 heteroatoms. The van der Waals surface area contributed by atoms with Gasteiger partial charge in [0.2, 0.25) is 0 Å². The maximum atomic E-state index is 5.87. The third-order valence-corrected chi connectivity index (χ3v) is 3.01. The number of fused-ring (bicyclic) bond motifs is 1. The van der Waals surface area contributed by atoms with E-state index in [0.717, 1.165) is 21.9 Å². The minimum atomic E-state index is 0. The molecule has 0 aliphatic rings. The zero-order valence-corrected chi connectivity index (χ0v) is 12.9. The van der Waals surface area contributed by atoms with Crippen LogP contribution in [-0.2, 0) is 0 Å². The van der Waals surface area contributed by atoms with Crippen molar-refractivity contribution in [2.45, 2.75) is 6.92 Å². The summed E-state index contributed by atoms with van der Waals surface area (Å²) in [5.41, 5.74) is 4.23. The lowest BCUT2D eigenvalue weighted by Gasteiger charge is -1.94. The van der Waals surface area contributed by atoms with E-state index in [1.807, 2.05) is 41.1 Å². The molecule has 0 spiro atoms. The number of hydrogen-bond donors (Lipinski definition) is 0. The van der Waals surface area contributed by atoms with Crippen molar-refractivity contribution in [2.24, 2.45) is 0 Å². The van der Waals surface area contributed by atoms with Crippen LogP contribution in [0.25, 0.3) is 16.9 Å². The van der Waals surface area contributed by atoms with Crippen LogP contribution in [0.3, 0.4) is 0 Å². The van der Waals surface area contributed by atoms with Gasteiger partial charge >= 0.3 is 0 Å². The van der Waals surface area contributed by atoms with Crippen LogP contribution in [0.5, 0.6) is 0 Å². The second kappa shape index (κ2) is 5.28. The zero-order chi connectivity index (χ0) is 11.8. The molecule has 2 nitrogen and oxygen atoms in total. The van der Waals surface area contributed by atoms with Crippen LogP contribution in [-0.4, -0.2) is 9.38 Å². The Morgan fingerprint density at radius 1 is 1.11 bits per heavy atom. The second-order valence-electron chi connectivity index (χ2n) is 4.10. The fraction of sp³-hybridized carbons (Fsp3) is 0.0714. The van der Waals surface area contributed by atoms with E-state index < -0.39 is 0 Å². The van der Waals surface area contributed by atoms with Crippen molar-refractivity contribution in [3.05, 3.63) is 59.4 Å². The fourth-order valence-electron chi connectivity index (χ4n) is 1.84. The Balaban J connectivity index is 0.00000120. The van der Waals surface area contributed by atoms with Crippen LogP contribution in [0.2, 0.25) is 5.02 Å². The molecule has 18 heavy (non-hydrogen) atoms. The molecule has 3 aromatic rings. The van der Waals surface area contributed by atoms with Crippen molar-refractivity contribution < 1.29 is 0 Å². The molecule has 92 valence electrons. The van der Waals surface area contributed by atoms with Crippen LogP contribution < -0.4 is 0 Å². The van der Waals surface area contributed by atoms with Crippen LogP contribution in [0.4, 0.5) is 0 Å². The Morgan fingerprint density at radius 2 is 1.83 bits per heavy atom. The monoisotopic (exact) mass is 370 g/mol. The van der Waals surface area contributed by atoms with Crippen LogP contribution in [0.15, 0.2) is 48.8 Å². The maximum absolute atomic E-state index is 5.87. The molecule has 3 rings (SSSR count). The lowest BCUT2D eigenvalue weighted by Crippen LogP contribution is -1.81. The molecular formula is C14H12ClIN2. The number of pyridine rings is 1. The van der Waals surface area contributed by atoms with Gasteiger partial charge in [0.05, 0.1) is 5.69 Å². The summed E-state index contributed by atoms with van der Waals surface area (Å²) in [5.74, 6) is 0. The van der Waals surface area contributed by atoms with E-state index in [0.29, 0.717) is 0 Å². The molecule has 0 unspecified atom stereocenters. The molecule has 0 aliphatic heterocycles. The second-order valence-corrected chi connectivity index (χ2v) is 4.54. The van der Waals surface area contributed by atoms with Gasteiger partial charge in [0.1, 0.15) is 5.65 Å². The summed E-state index contributed by atoms with van der Waals surface area (Å²) in [4.78, 5) is 4.59. The highest BCUT2D eigenvalue weighted by molar-refractivity contribution is 14.0. The van der Waals surface area contributed by atoms with E-state index in [2.05, 4.69) is 24.0 Å². The highest BCUT2D eigenvalue weighted by Gasteiger charge is 2.03. The van der Waals surface area contributed by atoms with E-state index in [4.69, 9.17) is 11.6 Å². The quantitative estimate of drug-likeness (QED) is 0.573. The number of hydrogen-bond acceptors (Lipinski definition) is 1. The van der Waals surface area contributed by atoms with E-state index in [-0.39, 0.29) is 24.0 Å². The number of imidazole rings is 1. The molecule has 1 aromatic carbocycles. The zero-order valence-electron chi connectivity index (χ0n) is 9.80. The van der Waals surface area contributed by atoms with Gasteiger partial charge in [0.15, 0.2) is 0 Å². The van der Waals surface area contributed by atoms with Crippen LogP contribution in [0.1, 0.15) is 5.56 Å². The summed E-state index contributed by atoms with van der Waals surface area (Å²) >= 11 is 5.87. The Hall–Kier alpha value is -1.07. The predicted octanol–water partition coefficient (Wildman–Crippen LogP) is 4.58. The predicted molar refractivity (Wildman–Crippen MR) is 85.8 cm³/mol. The van der Waals surface area contributed by atoms with Gasteiger partial charge in [0, 0.05) is 23.0 Å². The molecule has 2 aromatic heterocycles. The molecule has 0 saturated carbocycles. The number of aromatic nitrogens is 2. The normalized spacial score (nSPS) is 10.3. The highest BCUT2D eigenvalue weighted by atomic mass is 127. The average Bonchev–Trinajstić information content (AvgIpc) is 2.72. The Kier molecular flexibility index (Phi) is 3.92. The van der Waals surface area contributed by atoms with Crippen molar-refractivity contribution in [3.63, 3.8) is 0 Å². The number of benzene rings is 1. The minimum absolute atomic E-state index is 0. The van der Waals surface area contributed by atoms with E-state index >= 15 is 0 Å². The molecular weight excluding hydrogens is 359 g/mol. The molecule has 0 bridgehead atoms. The van der Waals surface area contributed by atoms with E-state index in [1.165, 1.54) is 5.56 Å². The van der Waals surface area contributed by atoms with Crippen LogP contribution >= 0.6 is 35.6 Å². The van der Waals surface area contributed by atoms with E-state index in [1.54, 1.807) is 0 Å². The average molecular weight is 371 g/mol.